The Balaban J connectivity index is 0.000000186. The number of hydrogen-bond donors (Lipinski definition) is 6. The summed E-state index contributed by atoms with van der Waals surface area (Å²) in [5.74, 6) is 9.13. The normalized spacial score (nSPS) is 24.2. The molecule has 14 unspecified atom stereocenters. The molecule has 118 heavy (non-hydrogen) atoms. The number of carbonyl (C=O) groups is 7. The van der Waals surface area contributed by atoms with Gasteiger partial charge in [-0.15, -0.1) is 0 Å². The van der Waals surface area contributed by atoms with Crippen LogP contribution >= 0.6 is 0 Å². The number of carbonyl (C=O) groups excluding carboxylic acids is 7. The van der Waals surface area contributed by atoms with Crippen molar-refractivity contribution in [3.8, 4) is 0 Å². The maximum Gasteiger partial charge on any atom is 0.232 e. The Morgan fingerprint density at radius 3 is 1.05 bits per heavy atom. The highest BCUT2D eigenvalue weighted by Crippen LogP contribution is 2.48. The van der Waals surface area contributed by atoms with E-state index in [9.17, 15) is 33.6 Å². The molecule has 21 heteroatoms. The van der Waals surface area contributed by atoms with E-state index in [-0.39, 0.29) is 76.9 Å². The summed E-state index contributed by atoms with van der Waals surface area (Å²) in [6, 6.07) is 39.0. The second-order valence-electron chi connectivity index (χ2n) is 34.6. The van der Waals surface area contributed by atoms with Crippen molar-refractivity contribution in [2.45, 2.75) is 261 Å². The summed E-state index contributed by atoms with van der Waals surface area (Å²) in [7, 11) is 0. The lowest BCUT2D eigenvalue weighted by Gasteiger charge is -2.45. The van der Waals surface area contributed by atoms with Gasteiger partial charge in [-0.2, -0.15) is 0 Å². The third kappa shape index (κ3) is 32.9. The van der Waals surface area contributed by atoms with Crippen LogP contribution in [0.4, 0.5) is 40.7 Å². The van der Waals surface area contributed by atoms with E-state index in [2.05, 4.69) is 122 Å². The van der Waals surface area contributed by atoms with Gasteiger partial charge in [0.2, 0.25) is 41.4 Å². The van der Waals surface area contributed by atoms with E-state index in [4.69, 9.17) is 0 Å². The monoisotopic (exact) mass is 1610 g/mol. The number of hydrogen-bond acceptors (Lipinski definition) is 14. The molecule has 0 bridgehead atoms. The molecule has 0 spiro atoms. The van der Waals surface area contributed by atoms with Crippen molar-refractivity contribution in [2.24, 2.45) is 82.3 Å². The highest BCUT2D eigenvalue weighted by atomic mass is 16.2. The fourth-order valence-corrected chi connectivity index (χ4v) is 17.7. The number of aromatic nitrogens is 7. The van der Waals surface area contributed by atoms with Crippen LogP contribution in [0.2, 0.25) is 0 Å². The van der Waals surface area contributed by atoms with E-state index in [0.29, 0.717) is 95.6 Å². The number of nitrogens with zero attached hydrogens (tertiary/aromatic N) is 8. The molecule has 0 saturated heterocycles. The van der Waals surface area contributed by atoms with Crippen molar-refractivity contribution in [3.05, 3.63) is 171 Å². The molecule has 0 radical (unpaired) electrons. The average Bonchev–Trinajstić information content (AvgIpc) is 1.09. The van der Waals surface area contributed by atoms with Crippen molar-refractivity contribution in [1.29, 1.82) is 0 Å². The summed E-state index contributed by atoms with van der Waals surface area (Å²) in [5, 5.41) is 17.5. The van der Waals surface area contributed by atoms with E-state index in [0.717, 1.165) is 89.9 Å². The van der Waals surface area contributed by atoms with Gasteiger partial charge in [-0.05, 0) is 210 Å². The molecule has 14 atom stereocenters. The van der Waals surface area contributed by atoms with Gasteiger partial charge in [-0.3, -0.25) is 38.5 Å². The van der Waals surface area contributed by atoms with E-state index in [1.807, 2.05) is 128 Å². The molecule has 7 heterocycles. The zero-order valence-corrected chi connectivity index (χ0v) is 72.2. The molecule has 0 aromatic carbocycles. The Morgan fingerprint density at radius 2 is 0.686 bits per heavy atom. The van der Waals surface area contributed by atoms with Gasteiger partial charge < -0.3 is 31.9 Å². The first-order valence-electron chi connectivity index (χ1n) is 44.8. The summed E-state index contributed by atoms with van der Waals surface area (Å²) in [4.78, 5) is 120. The fraction of sp³-hybridized carbons (Fsp3) is 0.567. The molecule has 638 valence electrons. The van der Waals surface area contributed by atoms with Crippen molar-refractivity contribution in [1.82, 2.24) is 34.9 Å². The minimum Gasteiger partial charge on any atom is -0.310 e. The molecule has 6 aliphatic rings. The molecule has 6 saturated carbocycles. The number of pyridine rings is 7. The van der Waals surface area contributed by atoms with E-state index >= 15 is 0 Å². The Labute approximate surface area is 704 Å². The topological polar surface area (TPSA) is 285 Å². The van der Waals surface area contributed by atoms with Gasteiger partial charge in [0.05, 0.1) is 11.3 Å². The second-order valence-corrected chi connectivity index (χ2v) is 34.6. The molecule has 7 amide bonds. The number of rotatable bonds is 19. The molecule has 7 aromatic heterocycles. The van der Waals surface area contributed by atoms with Crippen molar-refractivity contribution in [3.63, 3.8) is 0 Å². The summed E-state index contributed by atoms with van der Waals surface area (Å²) >= 11 is 0. The first-order chi connectivity index (χ1) is 57.2. The van der Waals surface area contributed by atoms with Crippen LogP contribution in [-0.2, 0) is 33.6 Å². The van der Waals surface area contributed by atoms with Gasteiger partial charge >= 0.3 is 0 Å². The first-order valence-corrected chi connectivity index (χ1v) is 44.8. The zero-order chi connectivity index (χ0) is 84.3. The maximum atomic E-state index is 14.7. The zero-order valence-electron chi connectivity index (χ0n) is 72.2. The summed E-state index contributed by atoms with van der Waals surface area (Å²) in [6.07, 6.45) is 45.9. The van der Waals surface area contributed by atoms with Crippen molar-refractivity contribution >= 4 is 82.1 Å². The molecular weight excluding hydrogens is 1470 g/mol. The number of amides is 7. The molecule has 0 aliphatic heterocycles. The van der Waals surface area contributed by atoms with Crippen molar-refractivity contribution in [2.75, 3.05) is 43.3 Å². The standard InChI is InChI=1S/C33H50N4O2.C15H22N2O.C14H20N2O.C13H18N2O.C12H16N2O.C10H12N2O/c1-5-18-27(4)30(31(38)37(6-2)29-21-14-17-24-35-29)33(32(39)36-28-20-13-16-23-34-28)22-15-11-9-7-8-10-12-19-26(3)25-33;1-12-7-3-2-4-8-13(11-12)15(18)17-14-9-5-6-10-16-14;1-11-6-2-3-7-12(10-11)14(17)16-13-8-4-5-9-15-13;1-10-5-4-6-11(9-10)13(16)15-12-7-2-3-8-14-12;1-9-5-6-10(8-9)12(15)14-11-4-2-3-7-13-11;1-7-6-8(7)10(13)12-9-4-2-3-5-11-9/h13-14,16-17,20-21,23-24,26-27,30H,5-12,15,18-19,22,25H2,1-4H3,(H,34,36,39);5-6,9-10,12-13H,2-4,7-8,11H2,1H3,(H,16,17,18);4-5,8-9,11-12H,2-3,6-7,10H2,1H3,(H,15,16,17);2-3,7-8,10-11H,4-6,9H2,1H3,(H,14,15,16);2-4,7,9-10H,5-6,8H2,1H3,(H,13,14,15);2-5,7-8H,6H2,1H3,(H,11,12,13). The lowest BCUT2D eigenvalue weighted by atomic mass is 9.60. The average molecular weight is 1610 g/mol. The second kappa shape index (κ2) is 51.6. The van der Waals surface area contributed by atoms with Crippen molar-refractivity contribution < 1.29 is 33.6 Å². The van der Waals surface area contributed by atoms with Crippen LogP contribution in [0.3, 0.4) is 0 Å². The SMILES string of the molecule is CC1CC1C(=O)Nc1ccccn1.CC1CCC(C(=O)Nc2ccccn2)C1.CC1CCCC(C(=O)Nc2ccccn2)C1.CC1CCCCC(C(=O)Nc2ccccn2)C1.CC1CCCCCC(C(=O)Nc2ccccn2)C1.CCCC(C)C(C(=O)N(CC)c1ccccn1)C1(C(=O)Nc2ccccn2)CCCCCCCCCC(C)C1. The molecule has 6 aliphatic carbocycles. The third-order valence-electron chi connectivity index (χ3n) is 24.3. The minimum absolute atomic E-state index is 0.0209. The van der Waals surface area contributed by atoms with Crippen LogP contribution < -0.4 is 36.8 Å². The Kier molecular flexibility index (Phi) is 41.1. The van der Waals surface area contributed by atoms with Gasteiger partial charge in [-0.1, -0.05) is 220 Å². The Hall–Kier alpha value is -9.66. The summed E-state index contributed by atoms with van der Waals surface area (Å²) in [5.41, 5.74) is -0.829. The summed E-state index contributed by atoms with van der Waals surface area (Å²) < 4.78 is 0. The lowest BCUT2D eigenvalue weighted by molar-refractivity contribution is -0.143. The maximum absolute atomic E-state index is 14.7. The van der Waals surface area contributed by atoms with Gasteiger partial charge in [0.1, 0.15) is 40.7 Å². The van der Waals surface area contributed by atoms with Crippen LogP contribution in [0.5, 0.6) is 0 Å². The quantitative estimate of drug-likeness (QED) is 0.0411. The smallest absolute Gasteiger partial charge is 0.232 e. The van der Waals surface area contributed by atoms with Gasteiger partial charge in [0.15, 0.2) is 0 Å². The van der Waals surface area contributed by atoms with Crippen LogP contribution in [0.25, 0.3) is 0 Å². The summed E-state index contributed by atoms with van der Waals surface area (Å²) in [6.45, 7) is 20.1. The Bertz CT molecular complexity index is 4030. The highest BCUT2D eigenvalue weighted by Gasteiger charge is 2.52. The van der Waals surface area contributed by atoms with E-state index < -0.39 is 11.3 Å². The van der Waals surface area contributed by atoms with E-state index in [1.54, 1.807) is 54.3 Å². The van der Waals surface area contributed by atoms with Gasteiger partial charge in [-0.25, -0.2) is 34.9 Å². The predicted molar refractivity (Wildman–Crippen MR) is 476 cm³/mol. The third-order valence-corrected chi connectivity index (χ3v) is 24.3. The number of nitrogens with one attached hydrogen (secondary N) is 6. The number of anilines is 7. The molecule has 21 nitrogen and oxygen atoms in total. The van der Waals surface area contributed by atoms with Gasteiger partial charge in [0.25, 0.3) is 0 Å². The highest BCUT2D eigenvalue weighted by molar-refractivity contribution is 6.03. The van der Waals surface area contributed by atoms with E-state index in [1.165, 1.54) is 96.3 Å². The molecule has 6 N–H and O–H groups in total. The van der Waals surface area contributed by atoms with Crippen LogP contribution in [0.1, 0.15) is 261 Å². The first kappa shape index (κ1) is 93.8. The van der Waals surface area contributed by atoms with Crippen LogP contribution in [0.15, 0.2) is 171 Å². The molecule has 6 fully saturated rings. The minimum atomic E-state index is -0.829. The Morgan fingerprint density at radius 1 is 0.364 bits per heavy atom. The van der Waals surface area contributed by atoms with Crippen LogP contribution in [-0.4, -0.2) is 82.8 Å². The predicted octanol–water partition coefficient (Wildman–Crippen LogP) is 21.9. The molecule has 7 aromatic rings. The fourth-order valence-electron chi connectivity index (χ4n) is 17.7. The largest absolute Gasteiger partial charge is 0.310 e. The van der Waals surface area contributed by atoms with Gasteiger partial charge in [0, 0.05) is 79.5 Å². The molecular formula is C97H138N14O7. The van der Waals surface area contributed by atoms with Crippen LogP contribution in [0, 0.1) is 82.3 Å². The molecule has 13 rings (SSSR count). The lowest BCUT2D eigenvalue weighted by Crippen LogP contribution is -2.53.